The molecule has 4 nitrogen and oxygen atoms in total. The molecule has 118 valence electrons. The van der Waals surface area contributed by atoms with Crippen molar-refractivity contribution in [2.24, 2.45) is 0 Å². The molecular formula is C19H20N2O2. The molecule has 2 aromatic rings. The van der Waals surface area contributed by atoms with E-state index in [0.29, 0.717) is 12.1 Å². The molecule has 0 saturated heterocycles. The molecule has 1 aliphatic heterocycles. The fourth-order valence-electron chi connectivity index (χ4n) is 2.97. The van der Waals surface area contributed by atoms with Gasteiger partial charge in [0, 0.05) is 24.7 Å². The molecular weight excluding hydrogens is 288 g/mol. The van der Waals surface area contributed by atoms with E-state index < -0.39 is 0 Å². The van der Waals surface area contributed by atoms with Crippen LogP contribution in [0.3, 0.4) is 0 Å². The third-order valence-electron chi connectivity index (χ3n) is 4.32. The summed E-state index contributed by atoms with van der Waals surface area (Å²) in [5.41, 5.74) is 6.04. The van der Waals surface area contributed by atoms with Gasteiger partial charge in [0.05, 0.1) is 0 Å². The van der Waals surface area contributed by atoms with E-state index in [1.807, 2.05) is 30.3 Å². The van der Waals surface area contributed by atoms with Crippen molar-refractivity contribution in [1.82, 2.24) is 10.6 Å². The van der Waals surface area contributed by atoms with Gasteiger partial charge in [0.2, 0.25) is 0 Å². The molecule has 1 heterocycles. The van der Waals surface area contributed by atoms with Gasteiger partial charge in [-0.25, -0.2) is 0 Å². The van der Waals surface area contributed by atoms with Gasteiger partial charge < -0.3 is 10.6 Å². The molecule has 4 heteroatoms. The molecule has 0 saturated carbocycles. The van der Waals surface area contributed by atoms with Crippen LogP contribution in [0, 0.1) is 6.92 Å². The maximum atomic E-state index is 12.0. The van der Waals surface area contributed by atoms with E-state index in [0.717, 1.165) is 35.1 Å². The minimum atomic E-state index is -0.0850. The highest BCUT2D eigenvalue weighted by Gasteiger charge is 2.18. The summed E-state index contributed by atoms with van der Waals surface area (Å²) in [5.74, 6) is -0.0688. The Kier molecular flexibility index (Phi) is 4.15. The molecule has 0 atom stereocenters. The summed E-state index contributed by atoms with van der Waals surface area (Å²) in [7, 11) is 1.62. The normalized spacial score (nSPS) is 13.2. The predicted octanol–water partition coefficient (Wildman–Crippen LogP) is 2.23. The fraction of sp³-hybridized carbons (Fsp3) is 0.263. The lowest BCUT2D eigenvalue weighted by molar-refractivity contribution is 0.0942. The van der Waals surface area contributed by atoms with E-state index in [9.17, 15) is 9.59 Å². The van der Waals surface area contributed by atoms with Crippen LogP contribution >= 0.6 is 0 Å². The number of carbonyl (C=O) groups excluding carboxylic acids is 2. The number of hydrogen-bond donors (Lipinski definition) is 2. The number of carbonyl (C=O) groups is 2. The first-order valence-corrected chi connectivity index (χ1v) is 7.80. The van der Waals surface area contributed by atoms with Crippen molar-refractivity contribution in [3.05, 3.63) is 69.8 Å². The van der Waals surface area contributed by atoms with Gasteiger partial charge in [0.25, 0.3) is 11.8 Å². The van der Waals surface area contributed by atoms with E-state index in [1.165, 1.54) is 5.56 Å². The third-order valence-corrected chi connectivity index (χ3v) is 4.32. The SMILES string of the molecule is CNC(=O)c1ccc(Cc2cc3c(cc2C)CCNC3=O)cc1. The minimum absolute atomic E-state index is 0.0162. The predicted molar refractivity (Wildman–Crippen MR) is 89.9 cm³/mol. The zero-order chi connectivity index (χ0) is 16.4. The van der Waals surface area contributed by atoms with Gasteiger partial charge in [-0.1, -0.05) is 18.2 Å². The number of fused-ring (bicyclic) bond motifs is 1. The molecule has 1 aliphatic rings. The van der Waals surface area contributed by atoms with Crippen molar-refractivity contribution in [3.63, 3.8) is 0 Å². The van der Waals surface area contributed by atoms with E-state index in [2.05, 4.69) is 23.6 Å². The lowest BCUT2D eigenvalue weighted by atomic mass is 9.91. The second kappa shape index (κ2) is 6.24. The van der Waals surface area contributed by atoms with Crippen molar-refractivity contribution < 1.29 is 9.59 Å². The van der Waals surface area contributed by atoms with Crippen molar-refractivity contribution in [1.29, 1.82) is 0 Å². The first-order chi connectivity index (χ1) is 11.1. The van der Waals surface area contributed by atoms with Gasteiger partial charge in [0.15, 0.2) is 0 Å². The number of hydrogen-bond acceptors (Lipinski definition) is 2. The summed E-state index contributed by atoms with van der Waals surface area (Å²) < 4.78 is 0. The molecule has 0 bridgehead atoms. The van der Waals surface area contributed by atoms with Crippen LogP contribution in [-0.2, 0) is 12.8 Å². The highest BCUT2D eigenvalue weighted by molar-refractivity contribution is 5.97. The molecule has 2 aromatic carbocycles. The van der Waals surface area contributed by atoms with Crippen LogP contribution in [0.15, 0.2) is 36.4 Å². The molecule has 0 fully saturated rings. The number of nitrogens with one attached hydrogen (secondary N) is 2. The number of rotatable bonds is 3. The Morgan fingerprint density at radius 2 is 1.96 bits per heavy atom. The highest BCUT2D eigenvalue weighted by Crippen LogP contribution is 2.22. The first kappa shape index (κ1) is 15.3. The molecule has 0 unspecified atom stereocenters. The molecule has 3 rings (SSSR count). The lowest BCUT2D eigenvalue weighted by Gasteiger charge is -2.19. The van der Waals surface area contributed by atoms with Crippen LogP contribution < -0.4 is 10.6 Å². The molecule has 2 N–H and O–H groups in total. The topological polar surface area (TPSA) is 58.2 Å². The quantitative estimate of drug-likeness (QED) is 0.913. The maximum Gasteiger partial charge on any atom is 0.251 e. The molecule has 0 aromatic heterocycles. The monoisotopic (exact) mass is 308 g/mol. The Balaban J connectivity index is 1.86. The Labute approximate surface area is 135 Å². The largest absolute Gasteiger partial charge is 0.355 e. The number of aryl methyl sites for hydroxylation is 1. The van der Waals surface area contributed by atoms with Gasteiger partial charge in [-0.15, -0.1) is 0 Å². The maximum absolute atomic E-state index is 12.0. The average Bonchev–Trinajstić information content (AvgIpc) is 2.56. The summed E-state index contributed by atoms with van der Waals surface area (Å²) in [6, 6.07) is 11.7. The van der Waals surface area contributed by atoms with Crippen molar-refractivity contribution in [2.75, 3.05) is 13.6 Å². The van der Waals surface area contributed by atoms with E-state index >= 15 is 0 Å². The fourth-order valence-corrected chi connectivity index (χ4v) is 2.97. The molecule has 0 spiro atoms. The zero-order valence-corrected chi connectivity index (χ0v) is 13.4. The van der Waals surface area contributed by atoms with Gasteiger partial charge in [0.1, 0.15) is 0 Å². The van der Waals surface area contributed by atoms with Crippen molar-refractivity contribution >= 4 is 11.8 Å². The highest BCUT2D eigenvalue weighted by atomic mass is 16.2. The summed E-state index contributed by atoms with van der Waals surface area (Å²) >= 11 is 0. The first-order valence-electron chi connectivity index (χ1n) is 7.80. The summed E-state index contributed by atoms with van der Waals surface area (Å²) in [4.78, 5) is 23.6. The van der Waals surface area contributed by atoms with Gasteiger partial charge >= 0.3 is 0 Å². The van der Waals surface area contributed by atoms with Crippen LogP contribution in [0.4, 0.5) is 0 Å². The van der Waals surface area contributed by atoms with E-state index in [1.54, 1.807) is 7.05 Å². The Hall–Kier alpha value is -2.62. The van der Waals surface area contributed by atoms with Crippen molar-refractivity contribution in [3.8, 4) is 0 Å². The average molecular weight is 308 g/mol. The summed E-state index contributed by atoms with van der Waals surface area (Å²) in [5, 5.41) is 5.51. The molecule has 23 heavy (non-hydrogen) atoms. The van der Waals surface area contributed by atoms with E-state index in [4.69, 9.17) is 0 Å². The smallest absolute Gasteiger partial charge is 0.251 e. The van der Waals surface area contributed by atoms with Crippen LogP contribution in [0.25, 0.3) is 0 Å². The second-order valence-corrected chi connectivity index (χ2v) is 5.89. The lowest BCUT2D eigenvalue weighted by Crippen LogP contribution is -2.32. The van der Waals surface area contributed by atoms with Crippen molar-refractivity contribution in [2.45, 2.75) is 19.8 Å². The standard InChI is InChI=1S/C19H20N2O2/c1-12-9-15-7-8-21-19(23)17(15)11-16(12)10-13-3-5-14(6-4-13)18(22)20-2/h3-6,9,11H,7-8,10H2,1-2H3,(H,20,22)(H,21,23). The van der Waals surface area contributed by atoms with E-state index in [-0.39, 0.29) is 11.8 Å². The van der Waals surface area contributed by atoms with Crippen LogP contribution in [0.5, 0.6) is 0 Å². The van der Waals surface area contributed by atoms with Crippen LogP contribution in [-0.4, -0.2) is 25.4 Å². The summed E-state index contributed by atoms with van der Waals surface area (Å²) in [6.45, 7) is 2.80. The summed E-state index contributed by atoms with van der Waals surface area (Å²) in [6.07, 6.45) is 1.64. The Morgan fingerprint density at radius 3 is 2.65 bits per heavy atom. The molecule has 0 aliphatic carbocycles. The Morgan fingerprint density at radius 1 is 1.22 bits per heavy atom. The molecule has 0 radical (unpaired) electrons. The minimum Gasteiger partial charge on any atom is -0.355 e. The van der Waals surface area contributed by atoms with Gasteiger partial charge in [-0.2, -0.15) is 0 Å². The van der Waals surface area contributed by atoms with Gasteiger partial charge in [-0.3, -0.25) is 9.59 Å². The van der Waals surface area contributed by atoms with Gasteiger partial charge in [-0.05, 0) is 60.2 Å². The van der Waals surface area contributed by atoms with Crippen LogP contribution in [0.1, 0.15) is 43.0 Å². The second-order valence-electron chi connectivity index (χ2n) is 5.89. The van der Waals surface area contributed by atoms with Crippen LogP contribution in [0.2, 0.25) is 0 Å². The zero-order valence-electron chi connectivity index (χ0n) is 13.4. The number of benzene rings is 2. The number of amides is 2. The third kappa shape index (κ3) is 3.11. The Bertz CT molecular complexity index is 764. The molecule has 2 amide bonds.